The van der Waals surface area contributed by atoms with Gasteiger partial charge in [0.25, 0.3) is 5.91 Å². The first kappa shape index (κ1) is 13.6. The average Bonchev–Trinajstić information content (AvgIpc) is 3.05. The second-order valence-corrected chi connectivity index (χ2v) is 5.48. The Morgan fingerprint density at radius 1 is 0.870 bits per heavy atom. The fourth-order valence-electron chi connectivity index (χ4n) is 2.77. The minimum absolute atomic E-state index is 0.200. The standard InChI is InChI=1S/C20H15NO2/c22-20(21-13-14-6-2-1-3-7-14)19-12-17-16-9-5-4-8-15(16)10-11-18(17)23-19/h1-12H,13H2,(H,21,22). The van der Waals surface area contributed by atoms with E-state index in [0.29, 0.717) is 12.3 Å². The van der Waals surface area contributed by atoms with Gasteiger partial charge in [-0.2, -0.15) is 0 Å². The molecule has 0 aliphatic rings. The topological polar surface area (TPSA) is 42.2 Å². The van der Waals surface area contributed by atoms with Crippen molar-refractivity contribution in [2.24, 2.45) is 0 Å². The van der Waals surface area contributed by atoms with Crippen LogP contribution in [0.15, 0.2) is 77.2 Å². The van der Waals surface area contributed by atoms with Gasteiger partial charge in [-0.1, -0.05) is 60.7 Å². The summed E-state index contributed by atoms with van der Waals surface area (Å²) >= 11 is 0. The molecule has 0 radical (unpaired) electrons. The molecule has 3 aromatic carbocycles. The molecule has 3 nitrogen and oxygen atoms in total. The zero-order chi connectivity index (χ0) is 15.6. The Morgan fingerprint density at radius 2 is 1.65 bits per heavy atom. The number of hydrogen-bond donors (Lipinski definition) is 1. The molecule has 1 aromatic heterocycles. The van der Waals surface area contributed by atoms with Crippen molar-refractivity contribution in [2.75, 3.05) is 0 Å². The first-order valence-electron chi connectivity index (χ1n) is 7.55. The monoisotopic (exact) mass is 301 g/mol. The van der Waals surface area contributed by atoms with Crippen molar-refractivity contribution >= 4 is 27.6 Å². The number of nitrogens with one attached hydrogen (secondary N) is 1. The summed E-state index contributed by atoms with van der Waals surface area (Å²) < 4.78 is 5.71. The molecule has 0 saturated heterocycles. The lowest BCUT2D eigenvalue weighted by atomic mass is 10.1. The molecule has 0 aliphatic heterocycles. The van der Waals surface area contributed by atoms with Crippen LogP contribution in [-0.2, 0) is 6.54 Å². The number of carbonyl (C=O) groups excluding carboxylic acids is 1. The molecular formula is C20H15NO2. The highest BCUT2D eigenvalue weighted by molar-refractivity contribution is 6.08. The molecule has 0 bridgehead atoms. The highest BCUT2D eigenvalue weighted by Gasteiger charge is 2.13. The van der Waals surface area contributed by atoms with Gasteiger partial charge in [-0.25, -0.2) is 0 Å². The van der Waals surface area contributed by atoms with Crippen molar-refractivity contribution in [3.8, 4) is 0 Å². The highest BCUT2D eigenvalue weighted by atomic mass is 16.3. The lowest BCUT2D eigenvalue weighted by molar-refractivity contribution is 0.0925. The zero-order valence-corrected chi connectivity index (χ0v) is 12.5. The predicted octanol–water partition coefficient (Wildman–Crippen LogP) is 4.52. The normalized spacial score (nSPS) is 11.0. The van der Waals surface area contributed by atoms with Gasteiger partial charge in [0.05, 0.1) is 0 Å². The maximum atomic E-state index is 12.3. The Labute approximate surface area is 133 Å². The van der Waals surface area contributed by atoms with E-state index in [1.807, 2.05) is 66.7 Å². The Morgan fingerprint density at radius 3 is 2.52 bits per heavy atom. The number of furan rings is 1. The van der Waals surface area contributed by atoms with Crippen molar-refractivity contribution in [2.45, 2.75) is 6.54 Å². The van der Waals surface area contributed by atoms with E-state index in [1.54, 1.807) is 0 Å². The number of benzene rings is 3. The van der Waals surface area contributed by atoms with Crippen LogP contribution >= 0.6 is 0 Å². The minimum atomic E-state index is -0.200. The third kappa shape index (κ3) is 2.57. The lowest BCUT2D eigenvalue weighted by Gasteiger charge is -2.02. The van der Waals surface area contributed by atoms with Gasteiger partial charge >= 0.3 is 0 Å². The first-order valence-corrected chi connectivity index (χ1v) is 7.55. The van der Waals surface area contributed by atoms with E-state index in [0.717, 1.165) is 27.3 Å². The van der Waals surface area contributed by atoms with Crippen LogP contribution in [0.2, 0.25) is 0 Å². The summed E-state index contributed by atoms with van der Waals surface area (Å²) in [6, 6.07) is 23.6. The van der Waals surface area contributed by atoms with Gasteiger partial charge < -0.3 is 9.73 Å². The van der Waals surface area contributed by atoms with Crippen molar-refractivity contribution in [1.82, 2.24) is 5.32 Å². The zero-order valence-electron chi connectivity index (χ0n) is 12.5. The van der Waals surface area contributed by atoms with Crippen molar-refractivity contribution in [3.05, 3.63) is 84.1 Å². The largest absolute Gasteiger partial charge is 0.451 e. The second kappa shape index (κ2) is 5.61. The SMILES string of the molecule is O=C(NCc1ccccc1)c1cc2c(ccc3ccccc32)o1. The van der Waals surface area contributed by atoms with Crippen LogP contribution < -0.4 is 5.32 Å². The van der Waals surface area contributed by atoms with E-state index in [2.05, 4.69) is 11.4 Å². The molecule has 0 fully saturated rings. The Kier molecular flexibility index (Phi) is 3.31. The van der Waals surface area contributed by atoms with Crippen LogP contribution in [0.5, 0.6) is 0 Å². The molecule has 1 amide bonds. The fourth-order valence-corrected chi connectivity index (χ4v) is 2.77. The van der Waals surface area contributed by atoms with Gasteiger partial charge in [0.15, 0.2) is 5.76 Å². The van der Waals surface area contributed by atoms with Crippen LogP contribution in [0.1, 0.15) is 16.1 Å². The third-order valence-electron chi connectivity index (χ3n) is 3.95. The van der Waals surface area contributed by atoms with Gasteiger partial charge in [0.2, 0.25) is 0 Å². The quantitative estimate of drug-likeness (QED) is 0.604. The number of fused-ring (bicyclic) bond motifs is 3. The maximum Gasteiger partial charge on any atom is 0.287 e. The molecular weight excluding hydrogens is 286 g/mol. The number of rotatable bonds is 3. The first-order chi connectivity index (χ1) is 11.3. The van der Waals surface area contributed by atoms with E-state index in [1.165, 1.54) is 0 Å². The lowest BCUT2D eigenvalue weighted by Crippen LogP contribution is -2.22. The van der Waals surface area contributed by atoms with Crippen molar-refractivity contribution in [3.63, 3.8) is 0 Å². The second-order valence-electron chi connectivity index (χ2n) is 5.48. The summed E-state index contributed by atoms with van der Waals surface area (Å²) in [4.78, 5) is 12.3. The number of amides is 1. The third-order valence-corrected chi connectivity index (χ3v) is 3.95. The van der Waals surface area contributed by atoms with E-state index in [-0.39, 0.29) is 5.91 Å². The highest BCUT2D eigenvalue weighted by Crippen LogP contribution is 2.28. The van der Waals surface area contributed by atoms with Crippen LogP contribution in [0, 0.1) is 0 Å². The van der Waals surface area contributed by atoms with Crippen molar-refractivity contribution < 1.29 is 9.21 Å². The van der Waals surface area contributed by atoms with Crippen LogP contribution in [0.3, 0.4) is 0 Å². The van der Waals surface area contributed by atoms with E-state index in [9.17, 15) is 4.79 Å². The molecule has 0 atom stereocenters. The summed E-state index contributed by atoms with van der Waals surface area (Å²) in [6.45, 7) is 0.484. The van der Waals surface area contributed by atoms with Crippen LogP contribution in [-0.4, -0.2) is 5.91 Å². The van der Waals surface area contributed by atoms with Crippen LogP contribution in [0.4, 0.5) is 0 Å². The van der Waals surface area contributed by atoms with Gasteiger partial charge in [0, 0.05) is 11.9 Å². The van der Waals surface area contributed by atoms with Crippen molar-refractivity contribution in [1.29, 1.82) is 0 Å². The summed E-state index contributed by atoms with van der Waals surface area (Å²) in [5, 5.41) is 6.09. The number of hydrogen-bond acceptors (Lipinski definition) is 2. The van der Waals surface area contributed by atoms with Crippen LogP contribution in [0.25, 0.3) is 21.7 Å². The molecule has 0 saturated carbocycles. The van der Waals surface area contributed by atoms with Gasteiger partial charge in [-0.3, -0.25) is 4.79 Å². The summed E-state index contributed by atoms with van der Waals surface area (Å²) in [6.07, 6.45) is 0. The molecule has 23 heavy (non-hydrogen) atoms. The van der Waals surface area contributed by atoms with E-state index < -0.39 is 0 Å². The molecule has 1 N–H and O–H groups in total. The summed E-state index contributed by atoms with van der Waals surface area (Å²) in [5.41, 5.74) is 1.79. The molecule has 0 unspecified atom stereocenters. The Hall–Kier alpha value is -3.07. The molecule has 1 heterocycles. The summed E-state index contributed by atoms with van der Waals surface area (Å²) in [5.74, 6) is 0.140. The predicted molar refractivity (Wildman–Crippen MR) is 91.3 cm³/mol. The average molecular weight is 301 g/mol. The van der Waals surface area contributed by atoms with Gasteiger partial charge in [-0.05, 0) is 28.5 Å². The fraction of sp³-hybridized carbons (Fsp3) is 0.0500. The Balaban J connectivity index is 1.63. The maximum absolute atomic E-state index is 12.3. The smallest absolute Gasteiger partial charge is 0.287 e. The molecule has 0 spiro atoms. The van der Waals surface area contributed by atoms with E-state index in [4.69, 9.17) is 4.42 Å². The molecule has 112 valence electrons. The molecule has 4 aromatic rings. The molecule has 4 rings (SSSR count). The summed E-state index contributed by atoms with van der Waals surface area (Å²) in [7, 11) is 0. The Bertz CT molecular complexity index is 986. The number of carbonyl (C=O) groups is 1. The van der Waals surface area contributed by atoms with Gasteiger partial charge in [-0.15, -0.1) is 0 Å². The van der Waals surface area contributed by atoms with Gasteiger partial charge in [0.1, 0.15) is 5.58 Å². The van der Waals surface area contributed by atoms with E-state index >= 15 is 0 Å². The minimum Gasteiger partial charge on any atom is -0.451 e. The molecule has 0 aliphatic carbocycles. The molecule has 3 heteroatoms.